The molecule has 1 aliphatic rings. The van der Waals surface area contributed by atoms with E-state index in [1.807, 2.05) is 16.9 Å². The fourth-order valence-corrected chi connectivity index (χ4v) is 3.08. The number of nitrogens with zero attached hydrogens (tertiary/aromatic N) is 3. The first kappa shape index (κ1) is 15.5. The molecule has 0 aliphatic carbocycles. The summed E-state index contributed by atoms with van der Waals surface area (Å²) in [6.07, 6.45) is 6.34. The van der Waals surface area contributed by atoms with E-state index >= 15 is 0 Å². The molecule has 2 heterocycles. The lowest BCUT2D eigenvalue weighted by Gasteiger charge is -2.48. The van der Waals surface area contributed by atoms with Crippen LogP contribution in [0.3, 0.4) is 0 Å². The van der Waals surface area contributed by atoms with Crippen molar-refractivity contribution in [3.05, 3.63) is 18.5 Å². The second-order valence-corrected chi connectivity index (χ2v) is 6.49. The van der Waals surface area contributed by atoms with Gasteiger partial charge in [0.1, 0.15) is 0 Å². The minimum absolute atomic E-state index is 0.258. The highest BCUT2D eigenvalue weighted by molar-refractivity contribution is 4.95. The number of rotatable bonds is 6. The van der Waals surface area contributed by atoms with Crippen molar-refractivity contribution >= 4 is 0 Å². The maximum Gasteiger partial charge on any atom is 0.0536 e. The average Bonchev–Trinajstić information content (AvgIpc) is 2.98. The Bertz CT molecular complexity index is 389. The topological polar surface area (TPSA) is 33.1 Å². The highest BCUT2D eigenvalue weighted by atomic mass is 15.3. The van der Waals surface area contributed by atoms with Crippen molar-refractivity contribution in [2.75, 3.05) is 19.6 Å². The Morgan fingerprint density at radius 1 is 1.40 bits per heavy atom. The second-order valence-electron chi connectivity index (χ2n) is 6.49. The SMILES string of the molecule is CCC(C)C1CNC(C)(CC)CN1CCn1cccn1. The van der Waals surface area contributed by atoms with Gasteiger partial charge in [0.2, 0.25) is 0 Å². The first-order chi connectivity index (χ1) is 9.58. The molecule has 2 rings (SSSR count). The Kier molecular flexibility index (Phi) is 5.22. The van der Waals surface area contributed by atoms with Crippen LogP contribution in [0.1, 0.15) is 40.5 Å². The van der Waals surface area contributed by atoms with Gasteiger partial charge in [-0.25, -0.2) is 0 Å². The minimum Gasteiger partial charge on any atom is -0.309 e. The van der Waals surface area contributed by atoms with Crippen LogP contribution < -0.4 is 5.32 Å². The third kappa shape index (κ3) is 3.61. The van der Waals surface area contributed by atoms with Crippen LogP contribution in [0.4, 0.5) is 0 Å². The molecule has 0 aromatic carbocycles. The van der Waals surface area contributed by atoms with Crippen LogP contribution in [0.15, 0.2) is 18.5 Å². The number of hydrogen-bond acceptors (Lipinski definition) is 3. The lowest BCUT2D eigenvalue weighted by molar-refractivity contribution is 0.0515. The molecule has 1 saturated heterocycles. The molecule has 3 atom stereocenters. The fourth-order valence-electron chi connectivity index (χ4n) is 3.08. The Morgan fingerprint density at radius 3 is 2.80 bits per heavy atom. The molecule has 1 aliphatic heterocycles. The van der Waals surface area contributed by atoms with Crippen LogP contribution in [0.25, 0.3) is 0 Å². The van der Waals surface area contributed by atoms with Gasteiger partial charge in [-0.15, -0.1) is 0 Å². The largest absolute Gasteiger partial charge is 0.309 e. The average molecular weight is 278 g/mol. The van der Waals surface area contributed by atoms with Crippen molar-refractivity contribution < 1.29 is 0 Å². The van der Waals surface area contributed by atoms with E-state index in [9.17, 15) is 0 Å². The smallest absolute Gasteiger partial charge is 0.0536 e. The molecule has 20 heavy (non-hydrogen) atoms. The summed E-state index contributed by atoms with van der Waals surface area (Å²) < 4.78 is 2.04. The molecule has 1 N–H and O–H groups in total. The van der Waals surface area contributed by atoms with Crippen LogP contribution in [0.5, 0.6) is 0 Å². The van der Waals surface area contributed by atoms with E-state index in [-0.39, 0.29) is 5.54 Å². The van der Waals surface area contributed by atoms with Crippen molar-refractivity contribution in [3.63, 3.8) is 0 Å². The molecular formula is C16H30N4. The van der Waals surface area contributed by atoms with Gasteiger partial charge in [-0.05, 0) is 25.3 Å². The molecule has 4 nitrogen and oxygen atoms in total. The van der Waals surface area contributed by atoms with E-state index in [0.717, 1.165) is 32.1 Å². The van der Waals surface area contributed by atoms with Gasteiger partial charge in [-0.1, -0.05) is 27.2 Å². The summed E-state index contributed by atoms with van der Waals surface area (Å²) in [6.45, 7) is 13.6. The third-order valence-corrected chi connectivity index (χ3v) is 5.02. The quantitative estimate of drug-likeness (QED) is 0.867. The molecule has 0 bridgehead atoms. The molecule has 0 amide bonds. The van der Waals surface area contributed by atoms with Gasteiger partial charge < -0.3 is 5.32 Å². The summed E-state index contributed by atoms with van der Waals surface area (Å²) in [5.41, 5.74) is 0.258. The van der Waals surface area contributed by atoms with E-state index in [4.69, 9.17) is 0 Å². The predicted molar refractivity (Wildman–Crippen MR) is 83.7 cm³/mol. The molecule has 1 aromatic heterocycles. The van der Waals surface area contributed by atoms with Crippen molar-refractivity contribution in [3.8, 4) is 0 Å². The van der Waals surface area contributed by atoms with Crippen molar-refractivity contribution in [2.45, 2.75) is 58.7 Å². The summed E-state index contributed by atoms with van der Waals surface area (Å²) in [6, 6.07) is 2.65. The zero-order valence-corrected chi connectivity index (χ0v) is 13.5. The maximum atomic E-state index is 4.32. The van der Waals surface area contributed by atoms with Gasteiger partial charge >= 0.3 is 0 Å². The molecule has 0 radical (unpaired) electrons. The zero-order chi connectivity index (χ0) is 14.6. The standard InChI is InChI=1S/C16H30N4/c1-5-14(3)15-12-17-16(4,6-2)13-19(15)10-11-20-9-7-8-18-20/h7-9,14-15,17H,5-6,10-13H2,1-4H3. The normalized spacial score (nSPS) is 29.5. The monoisotopic (exact) mass is 278 g/mol. The van der Waals surface area contributed by atoms with Crippen LogP contribution in [0, 0.1) is 5.92 Å². The molecule has 1 aromatic rings. The summed E-state index contributed by atoms with van der Waals surface area (Å²) in [7, 11) is 0. The van der Waals surface area contributed by atoms with E-state index in [1.165, 1.54) is 12.8 Å². The Balaban J connectivity index is 2.01. The van der Waals surface area contributed by atoms with Crippen LogP contribution in [0.2, 0.25) is 0 Å². The number of aromatic nitrogens is 2. The molecule has 3 unspecified atom stereocenters. The van der Waals surface area contributed by atoms with Gasteiger partial charge in [0, 0.05) is 43.6 Å². The zero-order valence-electron chi connectivity index (χ0n) is 13.5. The predicted octanol–water partition coefficient (Wildman–Crippen LogP) is 2.37. The summed E-state index contributed by atoms with van der Waals surface area (Å²) in [4.78, 5) is 2.68. The number of piperazine rings is 1. The number of hydrogen-bond donors (Lipinski definition) is 1. The second kappa shape index (κ2) is 6.72. The van der Waals surface area contributed by atoms with Crippen LogP contribution in [-0.2, 0) is 6.54 Å². The summed E-state index contributed by atoms with van der Waals surface area (Å²) in [5, 5.41) is 8.09. The van der Waals surface area contributed by atoms with E-state index < -0.39 is 0 Å². The van der Waals surface area contributed by atoms with E-state index in [0.29, 0.717) is 6.04 Å². The summed E-state index contributed by atoms with van der Waals surface area (Å²) >= 11 is 0. The van der Waals surface area contributed by atoms with Crippen LogP contribution in [-0.4, -0.2) is 45.9 Å². The minimum atomic E-state index is 0.258. The van der Waals surface area contributed by atoms with Gasteiger partial charge in [0.15, 0.2) is 0 Å². The van der Waals surface area contributed by atoms with Crippen molar-refractivity contribution in [1.82, 2.24) is 20.0 Å². The number of nitrogens with one attached hydrogen (secondary N) is 1. The highest BCUT2D eigenvalue weighted by Gasteiger charge is 2.36. The van der Waals surface area contributed by atoms with Gasteiger partial charge in [-0.3, -0.25) is 9.58 Å². The Labute approximate surface area is 123 Å². The van der Waals surface area contributed by atoms with E-state index in [1.54, 1.807) is 0 Å². The molecule has 114 valence electrons. The lowest BCUT2D eigenvalue weighted by Crippen LogP contribution is -2.64. The third-order valence-electron chi connectivity index (χ3n) is 5.02. The molecule has 1 fully saturated rings. The van der Waals surface area contributed by atoms with E-state index in [2.05, 4.69) is 49.2 Å². The first-order valence-corrected chi connectivity index (χ1v) is 8.04. The van der Waals surface area contributed by atoms with Gasteiger partial charge in [0.25, 0.3) is 0 Å². The Hall–Kier alpha value is -0.870. The lowest BCUT2D eigenvalue weighted by atomic mass is 9.88. The molecule has 0 spiro atoms. The van der Waals surface area contributed by atoms with Crippen molar-refractivity contribution in [2.24, 2.45) is 5.92 Å². The fraction of sp³-hybridized carbons (Fsp3) is 0.812. The Morgan fingerprint density at radius 2 is 2.20 bits per heavy atom. The summed E-state index contributed by atoms with van der Waals surface area (Å²) in [5.74, 6) is 0.738. The van der Waals surface area contributed by atoms with Crippen LogP contribution >= 0.6 is 0 Å². The maximum absolute atomic E-state index is 4.32. The first-order valence-electron chi connectivity index (χ1n) is 8.04. The van der Waals surface area contributed by atoms with Gasteiger partial charge in [0.05, 0.1) is 6.54 Å². The van der Waals surface area contributed by atoms with Gasteiger partial charge in [-0.2, -0.15) is 5.10 Å². The molecule has 0 saturated carbocycles. The van der Waals surface area contributed by atoms with Crippen molar-refractivity contribution in [1.29, 1.82) is 0 Å². The molecular weight excluding hydrogens is 248 g/mol. The molecule has 4 heteroatoms. The highest BCUT2D eigenvalue weighted by Crippen LogP contribution is 2.24.